The van der Waals surface area contributed by atoms with Crippen LogP contribution >= 0.6 is 0 Å². The first-order valence-corrected chi connectivity index (χ1v) is 3.69. The Morgan fingerprint density at radius 3 is 1.20 bits per heavy atom. The summed E-state index contributed by atoms with van der Waals surface area (Å²) in [7, 11) is -4.67. The predicted octanol–water partition coefficient (Wildman–Crippen LogP) is -1.13. The zero-order valence-electron chi connectivity index (χ0n) is 6.54. The van der Waals surface area contributed by atoms with Gasteiger partial charge in [0.05, 0.1) is 0 Å². The third-order valence-corrected chi connectivity index (χ3v) is 0. The smallest absolute Gasteiger partial charge is 1.00 e. The summed E-state index contributed by atoms with van der Waals surface area (Å²) in [6.45, 7) is 0. The molecule has 0 saturated heterocycles. The molecular formula is H6CaO7S2. The summed E-state index contributed by atoms with van der Waals surface area (Å²) in [6, 6.07) is 0. The van der Waals surface area contributed by atoms with Crippen molar-refractivity contribution in [2.45, 2.75) is 0 Å². The van der Waals surface area contributed by atoms with Crippen molar-refractivity contribution >= 4 is 59.5 Å². The van der Waals surface area contributed by atoms with Crippen LogP contribution in [0.1, 0.15) is 2.85 Å². The van der Waals surface area contributed by atoms with Gasteiger partial charge in [0.2, 0.25) is 0 Å². The molecule has 0 aliphatic carbocycles. The van der Waals surface area contributed by atoms with Crippen LogP contribution in [0.4, 0.5) is 0 Å². The van der Waals surface area contributed by atoms with Crippen molar-refractivity contribution < 1.29 is 33.7 Å². The molecule has 0 aromatic rings. The van der Waals surface area contributed by atoms with Crippen molar-refractivity contribution in [3.63, 3.8) is 0 Å². The van der Waals surface area contributed by atoms with Gasteiger partial charge in [-0.15, -0.1) is 0 Å². The molecule has 4 N–H and O–H groups in total. The van der Waals surface area contributed by atoms with Crippen molar-refractivity contribution in [1.82, 2.24) is 0 Å². The van der Waals surface area contributed by atoms with E-state index in [1.54, 1.807) is 0 Å². The summed E-state index contributed by atoms with van der Waals surface area (Å²) >= 11 is -2.61. The Morgan fingerprint density at radius 1 is 1.20 bits per heavy atom. The second-order valence-electron chi connectivity index (χ2n) is 0.679. The van der Waals surface area contributed by atoms with E-state index in [2.05, 4.69) is 0 Å². The van der Waals surface area contributed by atoms with Crippen LogP contribution in [-0.2, 0) is 21.8 Å². The van der Waals surface area contributed by atoms with Crippen LogP contribution in [0.15, 0.2) is 0 Å². The monoisotopic (exact) mass is 222 g/mol. The second kappa shape index (κ2) is 8.30. The second-order valence-corrected chi connectivity index (χ2v) is 2.04. The molecule has 7 nitrogen and oxygen atoms in total. The molecule has 0 aliphatic heterocycles. The fourth-order valence-corrected chi connectivity index (χ4v) is 0. The van der Waals surface area contributed by atoms with Gasteiger partial charge < -0.3 is 2.85 Å². The molecule has 0 amide bonds. The Morgan fingerprint density at radius 2 is 1.20 bits per heavy atom. The molecule has 0 aliphatic rings. The van der Waals surface area contributed by atoms with Gasteiger partial charge in [0.1, 0.15) is 0 Å². The van der Waals surface area contributed by atoms with Gasteiger partial charge in [-0.25, -0.2) is 0 Å². The first-order chi connectivity index (χ1) is 3.73. The van der Waals surface area contributed by atoms with Crippen molar-refractivity contribution in [1.29, 1.82) is 0 Å². The van der Waals surface area contributed by atoms with Gasteiger partial charge in [-0.3, -0.25) is 18.2 Å². The molecule has 0 aromatic carbocycles. The van der Waals surface area contributed by atoms with Gasteiger partial charge >= 0.3 is 48.1 Å². The first kappa shape index (κ1) is 17.3. The van der Waals surface area contributed by atoms with E-state index < -0.39 is 21.8 Å². The molecule has 0 aromatic heterocycles. The minimum Gasteiger partial charge on any atom is -1.00 e. The van der Waals surface area contributed by atoms with Gasteiger partial charge in [0.25, 0.3) is 11.4 Å². The molecule has 0 radical (unpaired) electrons. The Labute approximate surface area is 92.5 Å². The summed E-state index contributed by atoms with van der Waals surface area (Å²) in [4.78, 5) is 0. The van der Waals surface area contributed by atoms with Crippen molar-refractivity contribution in [3.05, 3.63) is 0 Å². The van der Waals surface area contributed by atoms with E-state index in [-0.39, 0.29) is 40.6 Å². The average molecular weight is 222 g/mol. The van der Waals surface area contributed by atoms with Crippen LogP contribution in [0, 0.1) is 0 Å². The molecule has 62 valence electrons. The van der Waals surface area contributed by atoms with E-state index >= 15 is 0 Å². The first-order valence-electron chi connectivity index (χ1n) is 1.23. The van der Waals surface area contributed by atoms with Crippen LogP contribution in [0.3, 0.4) is 0 Å². The van der Waals surface area contributed by atoms with Gasteiger partial charge in [0, 0.05) is 0 Å². The third kappa shape index (κ3) is 430. The molecular weight excluding hydrogens is 216 g/mol. The van der Waals surface area contributed by atoms with Gasteiger partial charge in [-0.05, 0) is 0 Å². The Balaban J connectivity index is -0.0000000221. The van der Waals surface area contributed by atoms with Crippen LogP contribution in [0.25, 0.3) is 0 Å². The van der Waals surface area contributed by atoms with Crippen molar-refractivity contribution in [2.24, 2.45) is 0 Å². The Kier molecular flexibility index (Phi) is 14.4. The molecule has 0 unspecified atom stereocenters. The molecule has 0 spiro atoms. The van der Waals surface area contributed by atoms with E-state index in [0.29, 0.717) is 0 Å². The summed E-state index contributed by atoms with van der Waals surface area (Å²) in [5, 5.41) is 0. The molecule has 0 atom stereocenters. The van der Waals surface area contributed by atoms with Crippen molar-refractivity contribution in [2.75, 3.05) is 0 Å². The number of hydrogen-bond acceptors (Lipinski definition) is 3. The summed E-state index contributed by atoms with van der Waals surface area (Å²) in [6.07, 6.45) is 0. The fraction of sp³-hybridized carbons (Fsp3) is 0. The summed E-state index contributed by atoms with van der Waals surface area (Å²) < 4.78 is 54.4. The van der Waals surface area contributed by atoms with Gasteiger partial charge in [0.15, 0.2) is 0 Å². The minimum absolute atomic E-state index is 0. The standard InChI is InChI=1S/Ca.H2O4S.H2O3S.2H/c;1-5(2,3)4;1-4(2)3;;/h;(H2,1,2,3,4);(H2,1,2,3);;/q+2;;;2*-1. The number of hydrogen-bond donors (Lipinski definition) is 4. The largest absolute Gasteiger partial charge is 2.00 e. The maximum atomic E-state index is 8.74. The SMILES string of the molecule is O=S(=O)(O)O.O=S(O)O.[Ca+2].[H-].[H-]. The van der Waals surface area contributed by atoms with E-state index in [1.807, 2.05) is 0 Å². The maximum absolute atomic E-state index is 8.74. The topological polar surface area (TPSA) is 132 Å². The summed E-state index contributed by atoms with van der Waals surface area (Å²) in [5.74, 6) is 0. The van der Waals surface area contributed by atoms with E-state index in [4.69, 9.17) is 30.8 Å². The molecule has 0 saturated carbocycles. The molecule has 0 rings (SSSR count). The summed E-state index contributed by atoms with van der Waals surface area (Å²) in [5.41, 5.74) is 0. The van der Waals surface area contributed by atoms with Crippen LogP contribution in [-0.4, -0.2) is 68.6 Å². The number of rotatable bonds is 0. The predicted molar refractivity (Wildman–Crippen MR) is 35.6 cm³/mol. The van der Waals surface area contributed by atoms with Gasteiger partial charge in [-0.1, -0.05) is 0 Å². The average Bonchev–Trinajstić information content (AvgIpc) is 1.19. The van der Waals surface area contributed by atoms with E-state index in [0.717, 1.165) is 0 Å². The normalized spacial score (nSPS) is 9.30. The van der Waals surface area contributed by atoms with Crippen LogP contribution in [0.2, 0.25) is 0 Å². The molecule has 10 heteroatoms. The van der Waals surface area contributed by atoms with Gasteiger partial charge in [-0.2, -0.15) is 12.6 Å². The van der Waals surface area contributed by atoms with E-state index in [9.17, 15) is 0 Å². The van der Waals surface area contributed by atoms with Crippen LogP contribution < -0.4 is 0 Å². The molecule has 0 fully saturated rings. The zero-order valence-corrected chi connectivity index (χ0v) is 8.38. The zero-order chi connectivity index (χ0) is 8.08. The molecule has 0 bridgehead atoms. The Bertz CT molecular complexity index is 162. The van der Waals surface area contributed by atoms with E-state index in [1.165, 1.54) is 0 Å². The maximum Gasteiger partial charge on any atom is 2.00 e. The Hall–Kier alpha value is 1.20. The minimum atomic E-state index is -4.67. The quantitative estimate of drug-likeness (QED) is 0.231. The van der Waals surface area contributed by atoms with Crippen molar-refractivity contribution in [3.8, 4) is 0 Å². The van der Waals surface area contributed by atoms with Crippen LogP contribution in [0.5, 0.6) is 0 Å². The molecule has 10 heavy (non-hydrogen) atoms. The molecule has 0 heterocycles. The fourth-order valence-electron chi connectivity index (χ4n) is 0. The third-order valence-electron chi connectivity index (χ3n) is 0.